The number of aromatic hydroxyl groups is 1. The molecule has 0 heterocycles. The smallest absolute Gasteiger partial charge is 0.145 e. The Hall–Kier alpha value is -2.02. The number of phenolic OH excluding ortho intramolecular Hbond substituents is 1. The number of phenols is 1. The highest BCUT2D eigenvalue weighted by molar-refractivity contribution is 6.69. The van der Waals surface area contributed by atoms with E-state index >= 15 is 0 Å². The number of benzene rings is 3. The molecule has 3 rings (SSSR count). The summed E-state index contributed by atoms with van der Waals surface area (Å²) in [6, 6.07) is 10.4. The van der Waals surface area contributed by atoms with Crippen LogP contribution in [-0.2, 0) is 0 Å². The molecule has 0 fully saturated rings. The summed E-state index contributed by atoms with van der Waals surface area (Å²) in [5.41, 5.74) is 14.3. The molecule has 0 unspecified atom stereocenters. The van der Waals surface area contributed by atoms with E-state index in [2.05, 4.69) is 79.2 Å². The van der Waals surface area contributed by atoms with Gasteiger partial charge in [-0.05, 0) is 22.2 Å². The van der Waals surface area contributed by atoms with Crippen LogP contribution in [0.2, 0.25) is 0 Å². The van der Waals surface area contributed by atoms with Gasteiger partial charge in [0.15, 0.2) is 0 Å². The standard InChI is InChI=1S/C18H22B8O/c19-10-7(6-4-2-1-3-5-6)14(23)18(27)9(13(10)22)8-11(20)15(24)17(26)16(25)12(8)21/h1-5,27H,19-26H2. The summed E-state index contributed by atoms with van der Waals surface area (Å²) in [4.78, 5) is 0. The number of hydrogen-bond donors (Lipinski definition) is 1. The first-order chi connectivity index (χ1) is 12.7. The van der Waals surface area contributed by atoms with Crippen molar-refractivity contribution in [2.24, 2.45) is 0 Å². The number of hydrogen-bond acceptors (Lipinski definition) is 1. The van der Waals surface area contributed by atoms with Crippen molar-refractivity contribution < 1.29 is 5.11 Å². The first kappa shape index (κ1) is 19.7. The maximum absolute atomic E-state index is 11.3. The molecule has 124 valence electrons. The highest BCUT2D eigenvalue weighted by Gasteiger charge is 2.22. The topological polar surface area (TPSA) is 20.2 Å². The van der Waals surface area contributed by atoms with Gasteiger partial charge >= 0.3 is 0 Å². The minimum absolute atomic E-state index is 0.408. The summed E-state index contributed by atoms with van der Waals surface area (Å²) in [6.07, 6.45) is 0. The quantitative estimate of drug-likeness (QED) is 0.460. The largest absolute Gasteiger partial charge is 0.508 e. The Labute approximate surface area is 170 Å². The Bertz CT molecular complexity index is 1010. The predicted octanol–water partition coefficient (Wildman–Crippen LogP) is -9.21. The van der Waals surface area contributed by atoms with E-state index in [1.165, 1.54) is 38.3 Å². The molecular weight excluding hydrogens is 319 g/mol. The van der Waals surface area contributed by atoms with Gasteiger partial charge in [-0.15, -0.1) is 16.4 Å². The predicted molar refractivity (Wildman–Crippen MR) is 144 cm³/mol. The van der Waals surface area contributed by atoms with Gasteiger partial charge in [-0.3, -0.25) is 0 Å². The van der Waals surface area contributed by atoms with Crippen molar-refractivity contribution >= 4 is 106 Å². The lowest BCUT2D eigenvalue weighted by molar-refractivity contribution is 0.482. The zero-order valence-corrected chi connectivity index (χ0v) is 17.8. The zero-order valence-electron chi connectivity index (χ0n) is 17.8. The molecule has 1 nitrogen and oxygen atoms in total. The van der Waals surface area contributed by atoms with Crippen molar-refractivity contribution in [3.63, 3.8) is 0 Å². The average molecular weight is 341 g/mol. The fourth-order valence-corrected chi connectivity index (χ4v) is 4.36. The van der Waals surface area contributed by atoms with Gasteiger partial charge in [0.05, 0.1) is 0 Å². The van der Waals surface area contributed by atoms with Crippen LogP contribution in [0.3, 0.4) is 0 Å². The van der Waals surface area contributed by atoms with Gasteiger partial charge in [0.25, 0.3) is 0 Å². The molecule has 1 N–H and O–H groups in total. The van der Waals surface area contributed by atoms with Gasteiger partial charge in [0.1, 0.15) is 68.5 Å². The summed E-state index contributed by atoms with van der Waals surface area (Å²) < 4.78 is 0. The summed E-state index contributed by atoms with van der Waals surface area (Å²) >= 11 is 0. The highest BCUT2D eigenvalue weighted by atomic mass is 16.3. The van der Waals surface area contributed by atoms with Crippen molar-refractivity contribution in [1.82, 2.24) is 0 Å². The lowest BCUT2D eigenvalue weighted by Crippen LogP contribution is -2.55. The van der Waals surface area contributed by atoms with Gasteiger partial charge in [0, 0.05) is 5.56 Å². The van der Waals surface area contributed by atoms with Crippen molar-refractivity contribution in [3.05, 3.63) is 30.3 Å². The van der Waals surface area contributed by atoms with E-state index in [4.69, 9.17) is 0 Å². The highest BCUT2D eigenvalue weighted by Crippen LogP contribution is 2.25. The Morgan fingerprint density at radius 2 is 0.852 bits per heavy atom. The molecule has 0 aliphatic carbocycles. The molecule has 0 radical (unpaired) electrons. The van der Waals surface area contributed by atoms with E-state index in [9.17, 15) is 5.11 Å². The molecule has 0 bridgehead atoms. The average Bonchev–Trinajstić information content (AvgIpc) is 2.67. The normalized spacial score (nSPS) is 10.8. The molecule has 0 saturated heterocycles. The van der Waals surface area contributed by atoms with Gasteiger partial charge in [-0.25, -0.2) is 0 Å². The Kier molecular flexibility index (Phi) is 5.25. The molecule has 0 aliphatic rings. The molecule has 9 heteroatoms. The second-order valence-electron chi connectivity index (χ2n) is 7.84. The van der Waals surface area contributed by atoms with Crippen LogP contribution in [0.1, 0.15) is 0 Å². The maximum atomic E-state index is 11.3. The fraction of sp³-hybridized carbons (Fsp3) is 0. The van der Waals surface area contributed by atoms with Gasteiger partial charge in [0.2, 0.25) is 0 Å². The Morgan fingerprint density at radius 3 is 1.37 bits per heavy atom. The maximum Gasteiger partial charge on any atom is 0.145 e. The third kappa shape index (κ3) is 3.02. The van der Waals surface area contributed by atoms with Crippen molar-refractivity contribution in [2.45, 2.75) is 0 Å². The van der Waals surface area contributed by atoms with E-state index < -0.39 is 0 Å². The Balaban J connectivity index is 2.42. The van der Waals surface area contributed by atoms with Crippen LogP contribution in [0.4, 0.5) is 0 Å². The monoisotopic (exact) mass is 342 g/mol. The van der Waals surface area contributed by atoms with Crippen LogP contribution in [0.25, 0.3) is 22.3 Å². The fourth-order valence-electron chi connectivity index (χ4n) is 4.36. The van der Waals surface area contributed by atoms with Gasteiger partial charge in [-0.2, -0.15) is 0 Å². The van der Waals surface area contributed by atoms with E-state index in [-0.39, 0.29) is 0 Å². The summed E-state index contributed by atoms with van der Waals surface area (Å²) in [6.45, 7) is 0. The molecule has 0 atom stereocenters. The zero-order chi connectivity index (χ0) is 20.0. The molecule has 27 heavy (non-hydrogen) atoms. The molecular formula is C18H22B8O. The first-order valence-corrected chi connectivity index (χ1v) is 9.63. The van der Waals surface area contributed by atoms with Crippen molar-refractivity contribution in [3.8, 4) is 28.0 Å². The van der Waals surface area contributed by atoms with Crippen LogP contribution in [0.15, 0.2) is 30.3 Å². The molecule has 0 saturated carbocycles. The third-order valence-corrected chi connectivity index (χ3v) is 6.59. The Morgan fingerprint density at radius 1 is 0.444 bits per heavy atom. The van der Waals surface area contributed by atoms with Crippen LogP contribution < -0.4 is 43.7 Å². The van der Waals surface area contributed by atoms with E-state index in [1.54, 1.807) is 0 Å². The summed E-state index contributed by atoms with van der Waals surface area (Å²) in [7, 11) is 17.3. The van der Waals surface area contributed by atoms with Crippen molar-refractivity contribution in [2.75, 3.05) is 0 Å². The number of rotatable bonds is 2. The molecule has 0 spiro atoms. The van der Waals surface area contributed by atoms with Gasteiger partial charge < -0.3 is 5.11 Å². The molecule has 3 aromatic rings. The molecule has 0 aliphatic heterocycles. The molecule has 0 aromatic heterocycles. The first-order valence-electron chi connectivity index (χ1n) is 9.63. The molecule has 0 amide bonds. The molecule has 3 aromatic carbocycles. The third-order valence-electron chi connectivity index (χ3n) is 6.59. The SMILES string of the molecule is Bc1c(B)c(B)c(-c2c(B)c(B)c(-c3ccccc3)c(B)c2O)c(B)c1B. The lowest BCUT2D eigenvalue weighted by atomic mass is 9.58. The van der Waals surface area contributed by atoms with Crippen LogP contribution in [-0.4, -0.2) is 67.9 Å². The van der Waals surface area contributed by atoms with E-state index in [0.29, 0.717) is 5.75 Å². The van der Waals surface area contributed by atoms with E-state index in [1.807, 2.05) is 13.9 Å². The van der Waals surface area contributed by atoms with Crippen LogP contribution in [0.5, 0.6) is 5.75 Å². The van der Waals surface area contributed by atoms with Crippen LogP contribution in [0, 0.1) is 0 Å². The van der Waals surface area contributed by atoms with Crippen molar-refractivity contribution in [1.29, 1.82) is 0 Å². The lowest BCUT2D eigenvalue weighted by Gasteiger charge is -2.26. The van der Waals surface area contributed by atoms with E-state index in [0.717, 1.165) is 27.6 Å². The summed E-state index contributed by atoms with van der Waals surface area (Å²) in [5, 5.41) is 11.3. The van der Waals surface area contributed by atoms with Crippen LogP contribution >= 0.6 is 0 Å². The summed E-state index contributed by atoms with van der Waals surface area (Å²) in [5.74, 6) is 0.408. The van der Waals surface area contributed by atoms with Gasteiger partial charge in [-0.1, -0.05) is 52.2 Å². The minimum atomic E-state index is 0.408. The second kappa shape index (κ2) is 7.19. The second-order valence-corrected chi connectivity index (χ2v) is 7.84. The minimum Gasteiger partial charge on any atom is -0.508 e.